The van der Waals surface area contributed by atoms with Crippen molar-refractivity contribution in [1.29, 1.82) is 0 Å². The van der Waals surface area contributed by atoms with Crippen LogP contribution in [0.5, 0.6) is 0 Å². The van der Waals surface area contributed by atoms with E-state index in [0.717, 1.165) is 5.56 Å². The smallest absolute Gasteiger partial charge is 0.257 e. The monoisotopic (exact) mass is 391 g/mol. The molecule has 4 rings (SSSR count). The second-order valence-electron chi connectivity index (χ2n) is 7.41. The van der Waals surface area contributed by atoms with E-state index in [1.54, 1.807) is 41.4 Å². The molecule has 2 aliphatic rings. The van der Waals surface area contributed by atoms with Gasteiger partial charge in [0.25, 0.3) is 11.8 Å². The molecule has 1 saturated carbocycles. The molecular weight excluding hydrogens is 370 g/mol. The number of fused-ring (bicyclic) bond motifs is 1. The molecule has 2 heterocycles. The largest absolute Gasteiger partial charge is 0.324 e. The van der Waals surface area contributed by atoms with E-state index in [4.69, 9.17) is 0 Å². The Morgan fingerprint density at radius 3 is 2.76 bits per heavy atom. The number of aromatic nitrogens is 1. The minimum absolute atomic E-state index is 0.0174. The average molecular weight is 391 g/mol. The van der Waals surface area contributed by atoms with Gasteiger partial charge in [-0.15, -0.1) is 0 Å². The molecule has 29 heavy (non-hydrogen) atoms. The topological polar surface area (TPSA) is 96.4 Å². The Balaban J connectivity index is 1.51. The summed E-state index contributed by atoms with van der Waals surface area (Å²) < 4.78 is 0. The van der Waals surface area contributed by atoms with Crippen LogP contribution in [0.2, 0.25) is 0 Å². The summed E-state index contributed by atoms with van der Waals surface area (Å²) in [6.07, 6.45) is 5.08. The molecule has 1 N–H and O–H groups in total. The summed E-state index contributed by atoms with van der Waals surface area (Å²) in [7, 11) is 0. The molecule has 1 aliphatic carbocycles. The molecule has 1 aromatic carbocycles. The number of hydrogen-bond acceptors (Lipinski definition) is 5. The third-order valence-electron chi connectivity index (χ3n) is 5.44. The lowest BCUT2D eigenvalue weighted by atomic mass is 9.94. The third kappa shape index (κ3) is 3.94. The first-order valence-corrected chi connectivity index (χ1v) is 9.72. The van der Waals surface area contributed by atoms with Crippen molar-refractivity contribution in [3.8, 4) is 0 Å². The van der Waals surface area contributed by atoms with Crippen LogP contribution in [0.15, 0.2) is 42.7 Å². The standard InChI is InChI=1S/C22H21N3O4/c26-17-4-1-5-20(27)19(9-7-17)25-13-15-11-16(6-8-18(15)22(25)29)24-21(28)14-3-2-10-23-12-14/h2-3,6,8,10-12,19H,1,4-5,7,9,13H2,(H,24,28). The molecule has 1 aromatic heterocycles. The van der Waals surface area contributed by atoms with E-state index < -0.39 is 6.04 Å². The molecule has 2 aromatic rings. The minimum Gasteiger partial charge on any atom is -0.324 e. The minimum atomic E-state index is -0.562. The van der Waals surface area contributed by atoms with Gasteiger partial charge in [-0.2, -0.15) is 0 Å². The Kier molecular flexibility index (Phi) is 5.20. The van der Waals surface area contributed by atoms with Gasteiger partial charge in [-0.05, 0) is 48.7 Å². The highest BCUT2D eigenvalue weighted by Crippen LogP contribution is 2.30. The van der Waals surface area contributed by atoms with Gasteiger partial charge in [-0.25, -0.2) is 0 Å². The lowest BCUT2D eigenvalue weighted by molar-refractivity contribution is -0.126. The van der Waals surface area contributed by atoms with Crippen LogP contribution in [-0.2, 0) is 16.1 Å². The van der Waals surface area contributed by atoms with Crippen LogP contribution in [0.3, 0.4) is 0 Å². The maximum atomic E-state index is 12.9. The van der Waals surface area contributed by atoms with E-state index in [1.165, 1.54) is 6.20 Å². The Morgan fingerprint density at radius 2 is 1.97 bits per heavy atom. The Morgan fingerprint density at radius 1 is 1.10 bits per heavy atom. The summed E-state index contributed by atoms with van der Waals surface area (Å²) >= 11 is 0. The number of hydrogen-bond donors (Lipinski definition) is 1. The zero-order chi connectivity index (χ0) is 20.4. The third-order valence-corrected chi connectivity index (χ3v) is 5.44. The van der Waals surface area contributed by atoms with Crippen LogP contribution in [0.1, 0.15) is 58.4 Å². The van der Waals surface area contributed by atoms with Crippen molar-refractivity contribution in [3.05, 3.63) is 59.4 Å². The Labute approximate surface area is 168 Å². The molecule has 2 amide bonds. The summed E-state index contributed by atoms with van der Waals surface area (Å²) in [6.45, 7) is 0.301. The molecule has 1 atom stereocenters. The fourth-order valence-corrected chi connectivity index (χ4v) is 3.91. The second kappa shape index (κ2) is 7.95. The van der Waals surface area contributed by atoms with Gasteiger partial charge in [0, 0.05) is 49.5 Å². The summed E-state index contributed by atoms with van der Waals surface area (Å²) in [5.41, 5.74) is 2.31. The van der Waals surface area contributed by atoms with Gasteiger partial charge in [0.15, 0.2) is 5.78 Å². The van der Waals surface area contributed by atoms with E-state index in [9.17, 15) is 19.2 Å². The highest BCUT2D eigenvalue weighted by atomic mass is 16.2. The molecule has 1 fully saturated rings. The lowest BCUT2D eigenvalue weighted by Gasteiger charge is -2.27. The number of anilines is 1. The maximum absolute atomic E-state index is 12.9. The Bertz CT molecular complexity index is 987. The molecule has 1 unspecified atom stereocenters. The van der Waals surface area contributed by atoms with Crippen molar-refractivity contribution in [2.45, 2.75) is 44.7 Å². The number of amides is 2. The molecule has 7 nitrogen and oxygen atoms in total. The first-order chi connectivity index (χ1) is 14.0. The highest BCUT2D eigenvalue weighted by Gasteiger charge is 2.36. The number of pyridine rings is 1. The molecule has 1 aliphatic heterocycles. The van der Waals surface area contributed by atoms with E-state index >= 15 is 0 Å². The van der Waals surface area contributed by atoms with Crippen molar-refractivity contribution < 1.29 is 19.2 Å². The zero-order valence-electron chi connectivity index (χ0n) is 15.9. The fourth-order valence-electron chi connectivity index (χ4n) is 3.91. The Hall–Kier alpha value is -3.35. The quantitative estimate of drug-likeness (QED) is 0.868. The second-order valence-corrected chi connectivity index (χ2v) is 7.41. The summed E-state index contributed by atoms with van der Waals surface area (Å²) in [5, 5.41) is 2.81. The van der Waals surface area contributed by atoms with Crippen molar-refractivity contribution >= 4 is 29.1 Å². The normalized spacial score (nSPS) is 19.5. The number of carbonyl (C=O) groups excluding carboxylic acids is 4. The van der Waals surface area contributed by atoms with Gasteiger partial charge in [-0.3, -0.25) is 24.2 Å². The van der Waals surface area contributed by atoms with E-state index in [-0.39, 0.29) is 23.4 Å². The van der Waals surface area contributed by atoms with Crippen molar-refractivity contribution in [3.63, 3.8) is 0 Å². The first-order valence-electron chi connectivity index (χ1n) is 9.72. The zero-order valence-corrected chi connectivity index (χ0v) is 15.9. The molecule has 0 bridgehead atoms. The number of nitrogens with zero attached hydrogens (tertiary/aromatic N) is 2. The lowest BCUT2D eigenvalue weighted by Crippen LogP contribution is -2.42. The van der Waals surface area contributed by atoms with E-state index in [0.29, 0.717) is 55.5 Å². The number of ketones is 2. The van der Waals surface area contributed by atoms with Gasteiger partial charge < -0.3 is 10.2 Å². The molecular formula is C22H21N3O4. The predicted octanol–water partition coefficient (Wildman–Crippen LogP) is 2.76. The van der Waals surface area contributed by atoms with Crippen molar-refractivity contribution in [2.75, 3.05) is 5.32 Å². The van der Waals surface area contributed by atoms with Crippen LogP contribution in [0, 0.1) is 0 Å². The highest BCUT2D eigenvalue weighted by molar-refractivity contribution is 6.05. The van der Waals surface area contributed by atoms with Crippen LogP contribution < -0.4 is 5.32 Å². The summed E-state index contributed by atoms with van der Waals surface area (Å²) in [5.74, 6) is -0.319. The molecule has 0 spiro atoms. The number of nitrogens with one attached hydrogen (secondary N) is 1. The van der Waals surface area contributed by atoms with Crippen LogP contribution in [0.25, 0.3) is 0 Å². The van der Waals surface area contributed by atoms with Gasteiger partial charge >= 0.3 is 0 Å². The van der Waals surface area contributed by atoms with Gasteiger partial charge in [0.05, 0.1) is 11.6 Å². The maximum Gasteiger partial charge on any atom is 0.257 e. The van der Waals surface area contributed by atoms with Crippen LogP contribution >= 0.6 is 0 Å². The number of rotatable bonds is 3. The first kappa shape index (κ1) is 19.0. The molecule has 148 valence electrons. The number of benzene rings is 1. The van der Waals surface area contributed by atoms with Gasteiger partial charge in [0.2, 0.25) is 0 Å². The van der Waals surface area contributed by atoms with Gasteiger partial charge in [0.1, 0.15) is 5.78 Å². The summed E-state index contributed by atoms with van der Waals surface area (Å²) in [4.78, 5) is 55.1. The molecule has 0 radical (unpaired) electrons. The van der Waals surface area contributed by atoms with Crippen molar-refractivity contribution in [2.24, 2.45) is 0 Å². The number of carbonyl (C=O) groups is 4. The van der Waals surface area contributed by atoms with Crippen molar-refractivity contribution in [1.82, 2.24) is 9.88 Å². The van der Waals surface area contributed by atoms with Crippen LogP contribution in [0.4, 0.5) is 5.69 Å². The SMILES string of the molecule is O=C1CCCC(=O)C(N2Cc3cc(NC(=O)c4cccnc4)ccc3C2=O)CC1. The van der Waals surface area contributed by atoms with E-state index in [2.05, 4.69) is 10.3 Å². The molecule has 7 heteroatoms. The average Bonchev–Trinajstić information content (AvgIpc) is 3.03. The molecule has 0 saturated heterocycles. The fraction of sp³-hybridized carbons (Fsp3) is 0.318. The van der Waals surface area contributed by atoms with Gasteiger partial charge in [-0.1, -0.05) is 0 Å². The predicted molar refractivity (Wildman–Crippen MR) is 105 cm³/mol. The van der Waals surface area contributed by atoms with Crippen LogP contribution in [-0.4, -0.2) is 39.3 Å². The van der Waals surface area contributed by atoms with E-state index in [1.807, 2.05) is 0 Å². The number of Topliss-reactive ketones (excluding diaryl/α,β-unsaturated/α-hetero) is 2. The summed E-state index contributed by atoms with van der Waals surface area (Å²) in [6, 6.07) is 7.91.